The summed E-state index contributed by atoms with van der Waals surface area (Å²) < 4.78 is 10.4. The molecule has 0 saturated carbocycles. The number of carbonyl (C=O) groups excluding carboxylic acids is 1. The average molecular weight is 268 g/mol. The van der Waals surface area contributed by atoms with Gasteiger partial charge in [-0.3, -0.25) is 9.78 Å². The third kappa shape index (κ3) is 2.33. The van der Waals surface area contributed by atoms with Crippen molar-refractivity contribution in [2.24, 2.45) is 0 Å². The van der Waals surface area contributed by atoms with E-state index in [1.54, 1.807) is 24.4 Å². The molecule has 0 amide bonds. The molecular weight excluding hydrogens is 256 g/mol. The maximum absolute atomic E-state index is 12.1. The Morgan fingerprint density at radius 3 is 2.80 bits per heavy atom. The highest BCUT2D eigenvalue weighted by atomic mass is 16.7. The largest absolute Gasteiger partial charge is 0.454 e. The van der Waals surface area contributed by atoms with Gasteiger partial charge in [0.1, 0.15) is 0 Å². The zero-order valence-corrected chi connectivity index (χ0v) is 10.6. The van der Waals surface area contributed by atoms with E-state index in [0.717, 1.165) is 0 Å². The van der Waals surface area contributed by atoms with Gasteiger partial charge in [-0.25, -0.2) is 0 Å². The molecule has 1 aromatic carbocycles. The molecular formula is C15H12N2O3. The Labute approximate surface area is 115 Å². The minimum atomic E-state index is -0.202. The lowest BCUT2D eigenvalue weighted by Crippen LogP contribution is -2.01. The van der Waals surface area contributed by atoms with Crippen molar-refractivity contribution >= 4 is 17.5 Å². The van der Waals surface area contributed by atoms with Crippen molar-refractivity contribution in [1.29, 1.82) is 0 Å². The van der Waals surface area contributed by atoms with Crippen LogP contribution in [0, 0.1) is 0 Å². The van der Waals surface area contributed by atoms with Gasteiger partial charge in [-0.15, -0.1) is 0 Å². The molecule has 20 heavy (non-hydrogen) atoms. The van der Waals surface area contributed by atoms with E-state index in [0.29, 0.717) is 28.4 Å². The summed E-state index contributed by atoms with van der Waals surface area (Å²) in [4.78, 5) is 16.3. The van der Waals surface area contributed by atoms with E-state index in [2.05, 4.69) is 4.98 Å². The van der Waals surface area contributed by atoms with Crippen LogP contribution in [-0.4, -0.2) is 17.6 Å². The fourth-order valence-corrected chi connectivity index (χ4v) is 1.90. The number of pyridine rings is 1. The zero-order valence-electron chi connectivity index (χ0n) is 10.6. The number of hydrogen-bond donors (Lipinski definition) is 1. The summed E-state index contributed by atoms with van der Waals surface area (Å²) in [5.74, 6) is 0.896. The molecule has 0 radical (unpaired) electrons. The number of aromatic nitrogens is 1. The maximum atomic E-state index is 12.1. The van der Waals surface area contributed by atoms with Gasteiger partial charge in [0.05, 0.1) is 5.69 Å². The molecule has 0 aliphatic carbocycles. The molecule has 0 saturated heterocycles. The molecule has 5 heteroatoms. The molecule has 0 atom stereocenters. The highest BCUT2D eigenvalue weighted by Gasteiger charge is 2.18. The number of ketones is 1. The number of carbonyl (C=O) groups is 1. The summed E-state index contributed by atoms with van der Waals surface area (Å²) in [5.41, 5.74) is 7.32. The number of allylic oxidation sites excluding steroid dienone is 1. The third-order valence-corrected chi connectivity index (χ3v) is 2.90. The number of benzene rings is 1. The average Bonchev–Trinajstić information content (AvgIpc) is 2.92. The number of rotatable bonds is 3. The number of ether oxygens (including phenoxy) is 2. The second kappa shape index (κ2) is 5.05. The van der Waals surface area contributed by atoms with Gasteiger partial charge in [-0.05, 0) is 30.4 Å². The van der Waals surface area contributed by atoms with E-state index < -0.39 is 0 Å². The van der Waals surface area contributed by atoms with Gasteiger partial charge in [0.25, 0.3) is 0 Å². The van der Waals surface area contributed by atoms with Gasteiger partial charge < -0.3 is 15.2 Å². The van der Waals surface area contributed by atoms with E-state index in [1.807, 2.05) is 18.2 Å². The summed E-state index contributed by atoms with van der Waals surface area (Å²) >= 11 is 0. The van der Waals surface area contributed by atoms with Gasteiger partial charge in [-0.1, -0.05) is 6.07 Å². The Kier molecular flexibility index (Phi) is 3.09. The molecule has 5 nitrogen and oxygen atoms in total. The fraction of sp³-hybridized carbons (Fsp3) is 0.0667. The quantitative estimate of drug-likeness (QED) is 0.525. The van der Waals surface area contributed by atoms with Crippen LogP contribution in [0.1, 0.15) is 16.1 Å². The normalized spacial score (nSPS) is 12.8. The van der Waals surface area contributed by atoms with Crippen molar-refractivity contribution in [2.75, 3.05) is 12.5 Å². The maximum Gasteiger partial charge on any atom is 0.231 e. The van der Waals surface area contributed by atoms with Crippen LogP contribution < -0.4 is 15.2 Å². The number of hydrogen-bond acceptors (Lipinski definition) is 5. The van der Waals surface area contributed by atoms with Gasteiger partial charge >= 0.3 is 0 Å². The van der Waals surface area contributed by atoms with Crippen molar-refractivity contribution in [3.63, 3.8) is 0 Å². The molecule has 0 bridgehead atoms. The first-order chi connectivity index (χ1) is 9.74. The number of fused-ring (bicyclic) bond motifs is 1. The first-order valence-corrected chi connectivity index (χ1v) is 6.06. The second-order valence-corrected chi connectivity index (χ2v) is 4.24. The highest BCUT2D eigenvalue weighted by Crippen LogP contribution is 2.36. The van der Waals surface area contributed by atoms with Crippen LogP contribution in [0.2, 0.25) is 0 Å². The van der Waals surface area contributed by atoms with Gasteiger partial charge in [0, 0.05) is 23.5 Å². The Bertz CT molecular complexity index is 681. The highest BCUT2D eigenvalue weighted by molar-refractivity contribution is 6.10. The molecule has 100 valence electrons. The van der Waals surface area contributed by atoms with Gasteiger partial charge in [0.15, 0.2) is 17.3 Å². The van der Waals surface area contributed by atoms with E-state index in [-0.39, 0.29) is 12.6 Å². The summed E-state index contributed by atoms with van der Waals surface area (Å²) in [6, 6.07) is 8.68. The second-order valence-electron chi connectivity index (χ2n) is 4.24. The summed E-state index contributed by atoms with van der Waals surface area (Å²) in [5, 5.41) is 0. The van der Waals surface area contributed by atoms with Crippen LogP contribution in [-0.2, 0) is 0 Å². The molecule has 3 rings (SSSR count). The minimum absolute atomic E-state index is 0.149. The lowest BCUT2D eigenvalue weighted by atomic mass is 10.1. The number of nitrogen functional groups attached to an aromatic ring is 1. The van der Waals surface area contributed by atoms with Crippen molar-refractivity contribution in [1.82, 2.24) is 4.98 Å². The van der Waals surface area contributed by atoms with Crippen molar-refractivity contribution in [3.05, 3.63) is 53.9 Å². The topological polar surface area (TPSA) is 74.4 Å². The van der Waals surface area contributed by atoms with Crippen LogP contribution in [0.3, 0.4) is 0 Å². The van der Waals surface area contributed by atoms with E-state index in [1.165, 1.54) is 6.08 Å². The first-order valence-electron chi connectivity index (χ1n) is 6.06. The van der Waals surface area contributed by atoms with Crippen LogP contribution in [0.15, 0.2) is 42.6 Å². The van der Waals surface area contributed by atoms with Crippen LogP contribution in [0.5, 0.6) is 11.5 Å². The zero-order chi connectivity index (χ0) is 13.9. The molecule has 1 aliphatic heterocycles. The lowest BCUT2D eigenvalue weighted by Gasteiger charge is -2.04. The molecule has 1 aliphatic rings. The number of nitrogens with two attached hydrogens (primary N) is 1. The monoisotopic (exact) mass is 268 g/mol. The fourth-order valence-electron chi connectivity index (χ4n) is 1.90. The van der Waals surface area contributed by atoms with Crippen LogP contribution in [0.4, 0.5) is 5.69 Å². The first kappa shape index (κ1) is 12.2. The lowest BCUT2D eigenvalue weighted by molar-refractivity contribution is 0.104. The predicted molar refractivity (Wildman–Crippen MR) is 74.6 cm³/mol. The Hall–Kier alpha value is -2.82. The van der Waals surface area contributed by atoms with E-state index in [9.17, 15) is 4.79 Å². The molecule has 2 aromatic rings. The van der Waals surface area contributed by atoms with Crippen molar-refractivity contribution in [2.45, 2.75) is 0 Å². The standard InChI is InChI=1S/C15H12N2O3/c16-12-8-15-14(19-9-20-15)7-11(12)13(18)5-4-10-3-1-2-6-17-10/h1-8H,9,16H2/b5-4+. The Balaban J connectivity index is 1.86. The number of anilines is 1. The molecule has 2 heterocycles. The summed E-state index contributed by atoms with van der Waals surface area (Å²) in [7, 11) is 0. The summed E-state index contributed by atoms with van der Waals surface area (Å²) in [6.07, 6.45) is 4.75. The van der Waals surface area contributed by atoms with Gasteiger partial charge in [0.2, 0.25) is 6.79 Å². The van der Waals surface area contributed by atoms with Crippen molar-refractivity contribution < 1.29 is 14.3 Å². The van der Waals surface area contributed by atoms with Crippen molar-refractivity contribution in [3.8, 4) is 11.5 Å². The summed E-state index contributed by atoms with van der Waals surface area (Å²) in [6.45, 7) is 0.149. The Morgan fingerprint density at radius 1 is 1.25 bits per heavy atom. The Morgan fingerprint density at radius 2 is 2.05 bits per heavy atom. The van der Waals surface area contributed by atoms with E-state index in [4.69, 9.17) is 15.2 Å². The van der Waals surface area contributed by atoms with Crippen LogP contribution >= 0.6 is 0 Å². The molecule has 0 fully saturated rings. The van der Waals surface area contributed by atoms with Crippen LogP contribution in [0.25, 0.3) is 6.08 Å². The smallest absolute Gasteiger partial charge is 0.231 e. The number of nitrogens with zero attached hydrogens (tertiary/aromatic N) is 1. The van der Waals surface area contributed by atoms with E-state index >= 15 is 0 Å². The minimum Gasteiger partial charge on any atom is -0.454 e. The SMILES string of the molecule is Nc1cc2c(cc1C(=O)/C=C/c1ccccn1)OCO2. The molecule has 1 aromatic heterocycles. The molecule has 0 spiro atoms. The van der Waals surface area contributed by atoms with Gasteiger partial charge in [-0.2, -0.15) is 0 Å². The molecule has 0 unspecified atom stereocenters. The predicted octanol–water partition coefficient (Wildman–Crippen LogP) is 2.29. The third-order valence-electron chi connectivity index (χ3n) is 2.90. The molecule has 2 N–H and O–H groups in total.